The summed E-state index contributed by atoms with van der Waals surface area (Å²) in [6.07, 6.45) is 18.7. The Balaban J connectivity index is 3.08. The van der Waals surface area contributed by atoms with Crippen molar-refractivity contribution < 1.29 is 23.7 Å². The van der Waals surface area contributed by atoms with Crippen LogP contribution in [0.5, 0.6) is 17.2 Å². The number of ether oxygens (including phenoxy) is 4. The number of carbonyl (C=O) groups excluding carboxylic acids is 1. The van der Waals surface area contributed by atoms with Gasteiger partial charge in [-0.1, -0.05) is 91.9 Å². The van der Waals surface area contributed by atoms with Crippen LogP contribution < -0.4 is 14.2 Å². The van der Waals surface area contributed by atoms with Crippen molar-refractivity contribution in [1.29, 1.82) is 0 Å². The molecular formula is C31H52O5. The monoisotopic (exact) mass is 504 g/mol. The van der Waals surface area contributed by atoms with Gasteiger partial charge in [0.2, 0.25) is 0 Å². The molecule has 0 fully saturated rings. The summed E-state index contributed by atoms with van der Waals surface area (Å²) in [6.45, 7) is 11.0. The first-order valence-corrected chi connectivity index (χ1v) is 14.6. The zero-order valence-corrected chi connectivity index (χ0v) is 23.6. The first kappa shape index (κ1) is 31.9. The van der Waals surface area contributed by atoms with Crippen molar-refractivity contribution in [2.24, 2.45) is 0 Å². The van der Waals surface area contributed by atoms with Crippen LogP contribution in [0.25, 0.3) is 6.08 Å². The quantitative estimate of drug-likeness (QED) is 0.0846. The molecule has 0 saturated heterocycles. The fourth-order valence-electron chi connectivity index (χ4n) is 3.72. The second-order valence-corrected chi connectivity index (χ2v) is 9.41. The van der Waals surface area contributed by atoms with E-state index in [0.717, 1.165) is 56.3 Å². The van der Waals surface area contributed by atoms with Crippen molar-refractivity contribution in [3.8, 4) is 17.2 Å². The van der Waals surface area contributed by atoms with E-state index in [1.54, 1.807) is 6.08 Å². The molecule has 0 bridgehead atoms. The minimum Gasteiger partial charge on any atom is -0.493 e. The predicted octanol–water partition coefficient (Wildman–Crippen LogP) is 8.92. The Morgan fingerprint density at radius 3 is 1.56 bits per heavy atom. The molecule has 0 aliphatic rings. The SMILES string of the molecule is CCCCCCOc1cc(OCCCCCC)c(C=CC(=O)OCCCC)c(OCCCCCC)c1. The molecule has 0 radical (unpaired) electrons. The van der Waals surface area contributed by atoms with Crippen molar-refractivity contribution in [3.63, 3.8) is 0 Å². The lowest BCUT2D eigenvalue weighted by atomic mass is 10.1. The first-order chi connectivity index (χ1) is 17.7. The lowest BCUT2D eigenvalue weighted by Gasteiger charge is -2.17. The van der Waals surface area contributed by atoms with Crippen LogP contribution in [-0.4, -0.2) is 32.4 Å². The Hall–Kier alpha value is -2.17. The second kappa shape index (κ2) is 22.1. The maximum atomic E-state index is 12.3. The van der Waals surface area contributed by atoms with E-state index in [-0.39, 0.29) is 5.97 Å². The predicted molar refractivity (Wildman–Crippen MR) is 150 cm³/mol. The lowest BCUT2D eigenvalue weighted by Crippen LogP contribution is -2.06. The average molecular weight is 505 g/mol. The third-order valence-electron chi connectivity index (χ3n) is 5.98. The molecule has 0 amide bonds. The molecule has 0 aromatic heterocycles. The molecular weight excluding hydrogens is 452 g/mol. The Morgan fingerprint density at radius 1 is 0.611 bits per heavy atom. The van der Waals surface area contributed by atoms with E-state index in [2.05, 4.69) is 27.7 Å². The van der Waals surface area contributed by atoms with Crippen molar-refractivity contribution in [2.75, 3.05) is 26.4 Å². The summed E-state index contributed by atoms with van der Waals surface area (Å²) in [4.78, 5) is 12.3. The van der Waals surface area contributed by atoms with E-state index in [4.69, 9.17) is 18.9 Å². The number of benzene rings is 1. The van der Waals surface area contributed by atoms with Crippen molar-refractivity contribution in [2.45, 2.75) is 118 Å². The Bertz CT molecular complexity index is 678. The molecule has 0 atom stereocenters. The molecule has 0 N–H and O–H groups in total. The van der Waals surface area contributed by atoms with Crippen molar-refractivity contribution >= 4 is 12.0 Å². The number of hydrogen-bond donors (Lipinski definition) is 0. The molecule has 0 unspecified atom stereocenters. The van der Waals surface area contributed by atoms with Crippen molar-refractivity contribution in [1.82, 2.24) is 0 Å². The third-order valence-corrected chi connectivity index (χ3v) is 5.98. The standard InChI is InChI=1S/C31H52O5/c1-5-9-13-16-22-33-27-25-29(34-23-17-14-10-6-2)28(19-20-31(32)36-21-12-8-4)30(26-27)35-24-18-15-11-7-3/h19-20,25-26H,5-18,21-24H2,1-4H3. The zero-order chi connectivity index (χ0) is 26.3. The first-order valence-electron chi connectivity index (χ1n) is 14.6. The summed E-state index contributed by atoms with van der Waals surface area (Å²) in [6, 6.07) is 3.87. The van der Waals surface area contributed by atoms with Crippen LogP contribution in [-0.2, 0) is 9.53 Å². The smallest absolute Gasteiger partial charge is 0.330 e. The highest BCUT2D eigenvalue weighted by molar-refractivity contribution is 5.88. The fraction of sp³-hybridized carbons (Fsp3) is 0.710. The molecule has 0 aliphatic carbocycles. The van der Waals surface area contributed by atoms with Gasteiger partial charge in [-0.2, -0.15) is 0 Å². The van der Waals surface area contributed by atoms with Gasteiger partial charge in [0.1, 0.15) is 17.2 Å². The molecule has 5 nitrogen and oxygen atoms in total. The van der Waals surface area contributed by atoms with Gasteiger partial charge in [-0.15, -0.1) is 0 Å². The second-order valence-electron chi connectivity index (χ2n) is 9.41. The summed E-state index contributed by atoms with van der Waals surface area (Å²) in [7, 11) is 0. The molecule has 0 spiro atoms. The lowest BCUT2D eigenvalue weighted by molar-refractivity contribution is -0.137. The molecule has 1 rings (SSSR count). The largest absolute Gasteiger partial charge is 0.493 e. The summed E-state index contributed by atoms with van der Waals surface area (Å²) in [5.74, 6) is 1.79. The summed E-state index contributed by atoms with van der Waals surface area (Å²) >= 11 is 0. The summed E-state index contributed by atoms with van der Waals surface area (Å²) < 4.78 is 23.9. The van der Waals surface area contributed by atoms with E-state index in [1.165, 1.54) is 51.0 Å². The van der Waals surface area contributed by atoms with Crippen LogP contribution in [0, 0.1) is 0 Å². The zero-order valence-electron chi connectivity index (χ0n) is 23.6. The molecule has 5 heteroatoms. The van der Waals surface area contributed by atoms with Crippen molar-refractivity contribution in [3.05, 3.63) is 23.8 Å². The van der Waals surface area contributed by atoms with Gasteiger partial charge in [-0.25, -0.2) is 4.79 Å². The molecule has 36 heavy (non-hydrogen) atoms. The van der Waals surface area contributed by atoms with Gasteiger partial charge >= 0.3 is 5.97 Å². The molecule has 0 heterocycles. The Morgan fingerprint density at radius 2 is 1.08 bits per heavy atom. The Labute approximate surface area is 220 Å². The fourth-order valence-corrected chi connectivity index (χ4v) is 3.72. The maximum absolute atomic E-state index is 12.3. The average Bonchev–Trinajstić information content (AvgIpc) is 2.88. The van der Waals surface area contributed by atoms with Gasteiger partial charge in [-0.05, 0) is 31.8 Å². The Kier molecular flexibility index (Phi) is 19.5. The number of carbonyl (C=O) groups is 1. The minimum absolute atomic E-state index is 0.345. The normalized spacial score (nSPS) is 11.1. The highest BCUT2D eigenvalue weighted by Gasteiger charge is 2.14. The molecule has 1 aromatic carbocycles. The topological polar surface area (TPSA) is 54.0 Å². The van der Waals surface area contributed by atoms with E-state index in [0.29, 0.717) is 37.9 Å². The maximum Gasteiger partial charge on any atom is 0.330 e. The number of esters is 1. The summed E-state index contributed by atoms with van der Waals surface area (Å²) in [5, 5.41) is 0. The molecule has 206 valence electrons. The number of hydrogen-bond acceptors (Lipinski definition) is 5. The highest BCUT2D eigenvalue weighted by atomic mass is 16.5. The van der Waals surface area contributed by atoms with Crippen LogP contribution in [0.15, 0.2) is 18.2 Å². The van der Waals surface area contributed by atoms with E-state index in [9.17, 15) is 4.79 Å². The van der Waals surface area contributed by atoms with Gasteiger partial charge in [0.05, 0.1) is 32.0 Å². The van der Waals surface area contributed by atoms with Gasteiger partial charge in [0, 0.05) is 18.2 Å². The van der Waals surface area contributed by atoms with Gasteiger partial charge < -0.3 is 18.9 Å². The molecule has 1 aromatic rings. The summed E-state index contributed by atoms with van der Waals surface area (Å²) in [5.41, 5.74) is 0.770. The van der Waals surface area contributed by atoms with E-state index >= 15 is 0 Å². The van der Waals surface area contributed by atoms with Crippen LogP contribution in [0.2, 0.25) is 0 Å². The van der Waals surface area contributed by atoms with Crippen LogP contribution in [0.1, 0.15) is 123 Å². The number of unbranched alkanes of at least 4 members (excludes halogenated alkanes) is 10. The highest BCUT2D eigenvalue weighted by Crippen LogP contribution is 2.36. The van der Waals surface area contributed by atoms with Crippen LogP contribution in [0.4, 0.5) is 0 Å². The van der Waals surface area contributed by atoms with Crippen LogP contribution >= 0.6 is 0 Å². The van der Waals surface area contributed by atoms with E-state index in [1.807, 2.05) is 12.1 Å². The third kappa shape index (κ3) is 15.1. The molecule has 0 saturated carbocycles. The minimum atomic E-state index is -0.345. The van der Waals surface area contributed by atoms with Gasteiger partial charge in [-0.3, -0.25) is 0 Å². The van der Waals surface area contributed by atoms with Gasteiger partial charge in [0.25, 0.3) is 0 Å². The molecule has 0 aliphatic heterocycles. The number of rotatable bonds is 23. The van der Waals surface area contributed by atoms with Crippen LogP contribution in [0.3, 0.4) is 0 Å². The van der Waals surface area contributed by atoms with Gasteiger partial charge in [0.15, 0.2) is 0 Å². The van der Waals surface area contributed by atoms with E-state index < -0.39 is 0 Å².